The normalized spacial score (nSPS) is 11.2. The Balaban J connectivity index is 2.27. The number of hydrogen-bond donors (Lipinski definition) is 3. The average Bonchev–Trinajstić information content (AvgIpc) is 2.46. The summed E-state index contributed by atoms with van der Waals surface area (Å²) in [5.74, 6) is -0.267. The van der Waals surface area contributed by atoms with Crippen LogP contribution in [-0.4, -0.2) is 21.9 Å². The monoisotopic (exact) mass is 270 g/mol. The van der Waals surface area contributed by atoms with E-state index in [1.807, 2.05) is 0 Å². The molecule has 5 heteroatoms. The van der Waals surface area contributed by atoms with Gasteiger partial charge in [-0.25, -0.2) is 0 Å². The number of para-hydroxylation sites is 3. The van der Waals surface area contributed by atoms with Gasteiger partial charge in [0.25, 0.3) is 5.69 Å². The smallest absolute Gasteiger partial charge is 0.307 e. The molecule has 2 rings (SSSR count). The van der Waals surface area contributed by atoms with E-state index in [0.29, 0.717) is 16.9 Å². The number of phenolic OH excluding ortho intramolecular Hbond substituents is 1. The van der Waals surface area contributed by atoms with Crippen molar-refractivity contribution < 1.29 is 14.6 Å². The molecule has 1 amide bonds. The van der Waals surface area contributed by atoms with Crippen LogP contribution < -0.4 is 11.2 Å². The molecule has 0 aliphatic rings. The van der Waals surface area contributed by atoms with Crippen LogP contribution >= 0.6 is 0 Å². The van der Waals surface area contributed by atoms with Crippen LogP contribution in [0.3, 0.4) is 0 Å². The van der Waals surface area contributed by atoms with E-state index in [1.165, 1.54) is 4.68 Å². The second-order valence-electron chi connectivity index (χ2n) is 4.15. The van der Waals surface area contributed by atoms with Gasteiger partial charge in [-0.2, -0.15) is 0 Å². The van der Waals surface area contributed by atoms with Gasteiger partial charge < -0.3 is 10.8 Å². The lowest BCUT2D eigenvalue weighted by Crippen LogP contribution is -2.32. The lowest BCUT2D eigenvalue weighted by Gasteiger charge is -2.06. The van der Waals surface area contributed by atoms with Gasteiger partial charge in [-0.3, -0.25) is 4.79 Å². The van der Waals surface area contributed by atoms with Crippen molar-refractivity contribution in [1.29, 1.82) is 0 Å². The number of nitrogen functional groups attached to an aromatic ring is 1. The van der Waals surface area contributed by atoms with Crippen molar-refractivity contribution >= 4 is 23.5 Å². The number of hydrazine groups is 1. The van der Waals surface area contributed by atoms with Crippen LogP contribution in [0.5, 0.6) is 5.75 Å². The maximum absolute atomic E-state index is 12.2. The lowest BCUT2D eigenvalue weighted by molar-refractivity contribution is -0.486. The quantitative estimate of drug-likeness (QED) is 0.346. The number of anilines is 1. The molecular formula is C15H16N3O2+. The van der Waals surface area contributed by atoms with Gasteiger partial charge >= 0.3 is 5.91 Å². The van der Waals surface area contributed by atoms with E-state index in [9.17, 15) is 9.90 Å². The molecule has 0 unspecified atom stereocenters. The van der Waals surface area contributed by atoms with Gasteiger partial charge in [0.1, 0.15) is 0 Å². The minimum atomic E-state index is -0.343. The summed E-state index contributed by atoms with van der Waals surface area (Å²) in [6, 6.07) is 13.5. The number of carbonyl (C=O) groups excluding carboxylic acids is 1. The van der Waals surface area contributed by atoms with Gasteiger partial charge in [-0.1, -0.05) is 28.9 Å². The SMILES string of the molecule is CC=[N+](NC(=O)c1ccccc1N)c1ccccc1O. The Labute approximate surface area is 117 Å². The van der Waals surface area contributed by atoms with Crippen LogP contribution in [0.15, 0.2) is 48.5 Å². The summed E-state index contributed by atoms with van der Waals surface area (Å²) in [7, 11) is 0. The number of nitrogens with zero attached hydrogens (tertiary/aromatic N) is 1. The first-order valence-corrected chi connectivity index (χ1v) is 6.15. The molecule has 0 aromatic heterocycles. The topological polar surface area (TPSA) is 78.4 Å². The second-order valence-corrected chi connectivity index (χ2v) is 4.15. The highest BCUT2D eigenvalue weighted by Crippen LogP contribution is 2.23. The number of rotatable bonds is 3. The van der Waals surface area contributed by atoms with Gasteiger partial charge in [0, 0.05) is 18.7 Å². The number of hydrogen-bond acceptors (Lipinski definition) is 3. The van der Waals surface area contributed by atoms with Gasteiger partial charge in [0.2, 0.25) is 0 Å². The van der Waals surface area contributed by atoms with E-state index in [-0.39, 0.29) is 11.7 Å². The Morgan fingerprint density at radius 1 is 1.20 bits per heavy atom. The first-order valence-electron chi connectivity index (χ1n) is 6.15. The van der Waals surface area contributed by atoms with Crippen LogP contribution in [0.2, 0.25) is 0 Å². The maximum Gasteiger partial charge on any atom is 0.307 e. The Hall–Kier alpha value is -2.82. The summed E-state index contributed by atoms with van der Waals surface area (Å²) in [5.41, 5.74) is 9.72. The fraction of sp³-hybridized carbons (Fsp3) is 0.0667. The number of carbonyl (C=O) groups is 1. The van der Waals surface area contributed by atoms with Crippen LogP contribution in [0, 0.1) is 0 Å². The first kappa shape index (κ1) is 13.6. The highest BCUT2D eigenvalue weighted by molar-refractivity contribution is 5.98. The number of phenols is 1. The zero-order valence-electron chi connectivity index (χ0n) is 11.1. The van der Waals surface area contributed by atoms with Crippen molar-refractivity contribution in [3.8, 4) is 5.75 Å². The number of aromatic hydroxyl groups is 1. The molecule has 0 aliphatic carbocycles. The van der Waals surface area contributed by atoms with Crippen molar-refractivity contribution in [2.24, 2.45) is 0 Å². The Kier molecular flexibility index (Phi) is 4.00. The van der Waals surface area contributed by atoms with Gasteiger partial charge in [-0.05, 0) is 18.2 Å². The molecule has 102 valence electrons. The number of nitrogens with two attached hydrogens (primary N) is 1. The molecule has 0 atom stereocenters. The summed E-state index contributed by atoms with van der Waals surface area (Å²) in [6.45, 7) is 1.75. The molecular weight excluding hydrogens is 254 g/mol. The molecule has 0 fully saturated rings. The van der Waals surface area contributed by atoms with E-state index in [1.54, 1.807) is 61.7 Å². The fourth-order valence-electron chi connectivity index (χ4n) is 1.81. The van der Waals surface area contributed by atoms with Crippen molar-refractivity contribution in [1.82, 2.24) is 5.43 Å². The molecule has 0 radical (unpaired) electrons. The molecule has 2 aromatic rings. The largest absolute Gasteiger partial charge is 0.502 e. The Morgan fingerprint density at radius 2 is 1.85 bits per heavy atom. The van der Waals surface area contributed by atoms with Gasteiger partial charge in [0.05, 0.1) is 5.56 Å². The number of amides is 1. The molecule has 0 saturated carbocycles. The van der Waals surface area contributed by atoms with Crippen molar-refractivity contribution in [2.45, 2.75) is 6.92 Å². The lowest BCUT2D eigenvalue weighted by atomic mass is 10.2. The summed E-state index contributed by atoms with van der Waals surface area (Å²) in [5, 5.41) is 9.81. The Morgan fingerprint density at radius 3 is 2.50 bits per heavy atom. The highest BCUT2D eigenvalue weighted by atomic mass is 16.3. The molecule has 0 saturated heterocycles. The number of nitrogens with one attached hydrogen (secondary N) is 1. The molecule has 0 heterocycles. The third-order valence-electron chi connectivity index (χ3n) is 2.83. The van der Waals surface area contributed by atoms with Crippen molar-refractivity contribution in [3.63, 3.8) is 0 Å². The highest BCUT2D eigenvalue weighted by Gasteiger charge is 2.19. The van der Waals surface area contributed by atoms with Crippen molar-refractivity contribution in [2.75, 3.05) is 5.73 Å². The van der Waals surface area contributed by atoms with E-state index in [2.05, 4.69) is 5.43 Å². The first-order chi connectivity index (χ1) is 9.63. The van der Waals surface area contributed by atoms with Crippen LogP contribution in [-0.2, 0) is 0 Å². The molecule has 2 aromatic carbocycles. The third-order valence-corrected chi connectivity index (χ3v) is 2.83. The predicted molar refractivity (Wildman–Crippen MR) is 78.1 cm³/mol. The molecule has 4 N–H and O–H groups in total. The minimum Gasteiger partial charge on any atom is -0.502 e. The average molecular weight is 270 g/mol. The summed E-state index contributed by atoms with van der Waals surface area (Å²) in [6.07, 6.45) is 1.64. The zero-order chi connectivity index (χ0) is 14.5. The van der Waals surface area contributed by atoms with Gasteiger partial charge in [0.15, 0.2) is 12.0 Å². The summed E-state index contributed by atoms with van der Waals surface area (Å²) >= 11 is 0. The van der Waals surface area contributed by atoms with Crippen molar-refractivity contribution in [3.05, 3.63) is 54.1 Å². The summed E-state index contributed by atoms with van der Waals surface area (Å²) < 4.78 is 1.45. The molecule has 0 bridgehead atoms. The number of hydrazone groups is 1. The molecule has 20 heavy (non-hydrogen) atoms. The standard InChI is InChI=1S/C15H15N3O2/c1-2-18(13-9-5-6-10-14(13)19)17-15(20)11-7-3-4-8-12(11)16/h2-10H,1H3,(H3-,16,17,19,20)/p+1. The zero-order valence-corrected chi connectivity index (χ0v) is 11.1. The van der Waals surface area contributed by atoms with E-state index in [0.717, 1.165) is 0 Å². The number of benzene rings is 2. The maximum atomic E-state index is 12.2. The van der Waals surface area contributed by atoms with Crippen LogP contribution in [0.25, 0.3) is 0 Å². The summed E-state index contributed by atoms with van der Waals surface area (Å²) in [4.78, 5) is 12.2. The van der Waals surface area contributed by atoms with Crippen LogP contribution in [0.1, 0.15) is 17.3 Å². The van der Waals surface area contributed by atoms with Crippen LogP contribution in [0.4, 0.5) is 11.4 Å². The molecule has 0 spiro atoms. The predicted octanol–water partition coefficient (Wildman–Crippen LogP) is 2.05. The fourth-order valence-corrected chi connectivity index (χ4v) is 1.81. The second kappa shape index (κ2) is 5.88. The minimum absolute atomic E-state index is 0.0759. The van der Waals surface area contributed by atoms with Gasteiger partial charge in [-0.15, -0.1) is 5.43 Å². The Bertz CT molecular complexity index is 666. The third kappa shape index (κ3) is 2.77. The molecule has 5 nitrogen and oxygen atoms in total. The van der Waals surface area contributed by atoms with E-state index >= 15 is 0 Å². The van der Waals surface area contributed by atoms with E-state index in [4.69, 9.17) is 5.73 Å². The molecule has 0 aliphatic heterocycles. The van der Waals surface area contributed by atoms with E-state index < -0.39 is 0 Å².